The van der Waals surface area contributed by atoms with Crippen LogP contribution in [0.1, 0.15) is 54.2 Å². The molecule has 0 radical (unpaired) electrons. The van der Waals surface area contributed by atoms with Gasteiger partial charge in [-0.3, -0.25) is 0 Å². The lowest BCUT2D eigenvalue weighted by Crippen LogP contribution is -2.47. The Morgan fingerprint density at radius 3 is 2.72 bits per heavy atom. The molecule has 1 saturated carbocycles. The van der Waals surface area contributed by atoms with E-state index < -0.39 is 0 Å². The van der Waals surface area contributed by atoms with E-state index in [0.29, 0.717) is 5.92 Å². The summed E-state index contributed by atoms with van der Waals surface area (Å²) in [4.78, 5) is 11.8. The van der Waals surface area contributed by atoms with E-state index in [2.05, 4.69) is 40.2 Å². The van der Waals surface area contributed by atoms with Crippen LogP contribution in [0.2, 0.25) is 0 Å². The molecule has 1 aromatic carbocycles. The molecule has 1 spiro atoms. The van der Waals surface area contributed by atoms with E-state index >= 15 is 0 Å². The molecule has 2 fully saturated rings. The van der Waals surface area contributed by atoms with Crippen molar-refractivity contribution in [1.82, 2.24) is 9.97 Å². The highest BCUT2D eigenvalue weighted by molar-refractivity contribution is 5.44. The molecule has 0 amide bonds. The largest absolute Gasteiger partial charge is 0.370 e. The summed E-state index contributed by atoms with van der Waals surface area (Å²) in [5.74, 6) is 2.68. The monoisotopic (exact) mass is 335 g/mol. The van der Waals surface area contributed by atoms with E-state index in [1.807, 2.05) is 6.92 Å². The van der Waals surface area contributed by atoms with Crippen LogP contribution in [0, 0.1) is 6.92 Å². The van der Waals surface area contributed by atoms with E-state index in [1.54, 1.807) is 0 Å². The summed E-state index contributed by atoms with van der Waals surface area (Å²) in [6.07, 6.45) is 5.67. The molecule has 1 aliphatic carbocycles. The molecule has 3 aliphatic rings. The number of aryl methyl sites for hydroxylation is 1. The van der Waals surface area contributed by atoms with Crippen LogP contribution >= 0.6 is 0 Å². The van der Waals surface area contributed by atoms with Crippen LogP contribution in [-0.2, 0) is 16.8 Å². The molecule has 1 saturated heterocycles. The van der Waals surface area contributed by atoms with Crippen molar-refractivity contribution in [2.45, 2.75) is 50.5 Å². The third-order valence-corrected chi connectivity index (χ3v) is 5.99. The van der Waals surface area contributed by atoms with Crippen LogP contribution in [0.3, 0.4) is 0 Å². The normalized spacial score (nSPS) is 22.0. The lowest BCUT2D eigenvalue weighted by Gasteiger charge is -2.45. The molecule has 2 aliphatic heterocycles. The number of hydrogen-bond donors (Lipinski definition) is 0. The molecule has 3 heterocycles. The van der Waals surface area contributed by atoms with Crippen molar-refractivity contribution >= 4 is 5.82 Å². The maximum absolute atomic E-state index is 6.35. The van der Waals surface area contributed by atoms with Gasteiger partial charge in [-0.25, -0.2) is 9.97 Å². The zero-order chi connectivity index (χ0) is 16.9. The van der Waals surface area contributed by atoms with Gasteiger partial charge in [0.2, 0.25) is 0 Å². The van der Waals surface area contributed by atoms with Gasteiger partial charge in [-0.2, -0.15) is 0 Å². The molecule has 130 valence electrons. The second-order valence-electron chi connectivity index (χ2n) is 7.71. The molecule has 0 bridgehead atoms. The van der Waals surface area contributed by atoms with E-state index in [1.165, 1.54) is 29.7 Å². The first kappa shape index (κ1) is 15.3. The fourth-order valence-corrected chi connectivity index (χ4v) is 4.45. The van der Waals surface area contributed by atoms with Crippen molar-refractivity contribution in [2.24, 2.45) is 0 Å². The lowest BCUT2D eigenvalue weighted by molar-refractivity contribution is -0.0766. The highest BCUT2D eigenvalue weighted by Gasteiger charge is 2.41. The number of piperidine rings is 1. The molecule has 25 heavy (non-hydrogen) atoms. The van der Waals surface area contributed by atoms with E-state index in [4.69, 9.17) is 9.72 Å². The minimum absolute atomic E-state index is 0.0905. The van der Waals surface area contributed by atoms with Crippen LogP contribution in [0.5, 0.6) is 0 Å². The first-order chi connectivity index (χ1) is 12.2. The topological polar surface area (TPSA) is 38.2 Å². The fraction of sp³-hybridized carbons (Fsp3) is 0.524. The minimum Gasteiger partial charge on any atom is -0.370 e. The van der Waals surface area contributed by atoms with Crippen molar-refractivity contribution in [3.63, 3.8) is 0 Å². The zero-order valence-electron chi connectivity index (χ0n) is 14.9. The number of benzene rings is 1. The third-order valence-electron chi connectivity index (χ3n) is 5.99. The van der Waals surface area contributed by atoms with Gasteiger partial charge >= 0.3 is 0 Å². The highest BCUT2D eigenvalue weighted by atomic mass is 16.5. The van der Waals surface area contributed by atoms with Crippen LogP contribution in [0.25, 0.3) is 0 Å². The van der Waals surface area contributed by atoms with Crippen LogP contribution < -0.4 is 4.90 Å². The number of anilines is 1. The number of aromatic nitrogens is 2. The summed E-state index contributed by atoms with van der Waals surface area (Å²) in [6.45, 7) is 4.85. The summed E-state index contributed by atoms with van der Waals surface area (Å²) < 4.78 is 6.35. The minimum atomic E-state index is -0.0905. The second-order valence-corrected chi connectivity index (χ2v) is 7.71. The van der Waals surface area contributed by atoms with Crippen LogP contribution in [-0.4, -0.2) is 29.7 Å². The van der Waals surface area contributed by atoms with Crippen LogP contribution in [0.15, 0.2) is 30.3 Å². The van der Waals surface area contributed by atoms with Gasteiger partial charge in [0.1, 0.15) is 11.6 Å². The number of fused-ring (bicyclic) bond motifs is 2. The quantitative estimate of drug-likeness (QED) is 0.838. The standard InChI is InChI=1S/C21H25N3O/c1-15-22-19(17-6-7-17)14-20(23-15)24-11-9-21(10-12-24)18-5-3-2-4-16(18)8-13-25-21/h2-5,14,17H,6-13H2,1H3. The maximum atomic E-state index is 6.35. The Morgan fingerprint density at radius 1 is 1.12 bits per heavy atom. The van der Waals surface area contributed by atoms with Gasteiger partial charge in [0.15, 0.2) is 0 Å². The molecule has 1 aromatic heterocycles. The molecule has 4 heteroatoms. The van der Waals surface area contributed by atoms with Gasteiger partial charge in [0, 0.05) is 30.8 Å². The van der Waals surface area contributed by atoms with Crippen LogP contribution in [0.4, 0.5) is 5.82 Å². The number of hydrogen-bond acceptors (Lipinski definition) is 4. The average molecular weight is 335 g/mol. The summed E-state index contributed by atoms with van der Waals surface area (Å²) in [6, 6.07) is 11.1. The maximum Gasteiger partial charge on any atom is 0.132 e. The Morgan fingerprint density at radius 2 is 1.92 bits per heavy atom. The molecule has 0 N–H and O–H groups in total. The number of rotatable bonds is 2. The fourth-order valence-electron chi connectivity index (χ4n) is 4.45. The van der Waals surface area contributed by atoms with Crippen molar-refractivity contribution in [2.75, 3.05) is 24.6 Å². The van der Waals surface area contributed by atoms with Gasteiger partial charge in [-0.15, -0.1) is 0 Å². The SMILES string of the molecule is Cc1nc(C2CC2)cc(N2CCC3(CC2)OCCc2ccccc23)n1. The molecular formula is C21H25N3O. The third kappa shape index (κ3) is 2.73. The predicted molar refractivity (Wildman–Crippen MR) is 98.0 cm³/mol. The molecule has 2 aromatic rings. The molecular weight excluding hydrogens is 310 g/mol. The van der Waals surface area contributed by atoms with E-state index in [9.17, 15) is 0 Å². The van der Waals surface area contributed by atoms with E-state index in [-0.39, 0.29) is 5.60 Å². The van der Waals surface area contributed by atoms with Gasteiger partial charge in [-0.1, -0.05) is 24.3 Å². The van der Waals surface area contributed by atoms with Gasteiger partial charge in [0.25, 0.3) is 0 Å². The van der Waals surface area contributed by atoms with Crippen molar-refractivity contribution < 1.29 is 4.74 Å². The Balaban J connectivity index is 1.39. The van der Waals surface area contributed by atoms with Crippen molar-refractivity contribution in [1.29, 1.82) is 0 Å². The van der Waals surface area contributed by atoms with Crippen molar-refractivity contribution in [3.8, 4) is 0 Å². The predicted octanol–water partition coefficient (Wildman–Crippen LogP) is 3.73. The van der Waals surface area contributed by atoms with Gasteiger partial charge in [0.05, 0.1) is 12.2 Å². The zero-order valence-corrected chi connectivity index (χ0v) is 14.9. The van der Waals surface area contributed by atoms with E-state index in [0.717, 1.165) is 50.6 Å². The summed E-state index contributed by atoms with van der Waals surface area (Å²) in [5.41, 5.74) is 4.03. The summed E-state index contributed by atoms with van der Waals surface area (Å²) in [7, 11) is 0. The Bertz CT molecular complexity index is 791. The highest BCUT2D eigenvalue weighted by Crippen LogP contribution is 2.43. The summed E-state index contributed by atoms with van der Waals surface area (Å²) >= 11 is 0. The molecule has 4 nitrogen and oxygen atoms in total. The summed E-state index contributed by atoms with van der Waals surface area (Å²) in [5, 5.41) is 0. The van der Waals surface area contributed by atoms with Gasteiger partial charge in [-0.05, 0) is 50.2 Å². The Kier molecular flexibility index (Phi) is 3.56. The first-order valence-electron chi connectivity index (χ1n) is 9.56. The number of ether oxygens (including phenoxy) is 1. The second kappa shape index (κ2) is 5.80. The Hall–Kier alpha value is -1.94. The molecule has 0 atom stereocenters. The Labute approximate surface area is 149 Å². The molecule has 5 rings (SSSR count). The lowest BCUT2D eigenvalue weighted by atomic mass is 9.79. The number of nitrogens with zero attached hydrogens (tertiary/aromatic N) is 3. The average Bonchev–Trinajstić information content (AvgIpc) is 3.48. The smallest absolute Gasteiger partial charge is 0.132 e. The molecule has 0 unspecified atom stereocenters. The van der Waals surface area contributed by atoms with Gasteiger partial charge < -0.3 is 9.64 Å². The van der Waals surface area contributed by atoms with Crippen molar-refractivity contribution in [3.05, 3.63) is 53.0 Å². The first-order valence-corrected chi connectivity index (χ1v) is 9.56.